The number of aliphatic hydroxyl groups is 1. The standard InChI is InChI=1S/C44H46F3N7O6/c45-44(46,47)16-17-48-43-49-24-35-36(26-54(40(35)50-43)31-10-12-32(55)13-11-31)30-8-4-28(5-9-30)25-53-20-18-52(19-21-53)22-23-59-27-29-6-14-33(15-7-29)60-37-3-1-2-34-38(37)41(57)51-42(58)39(34)56/h1-9,14-15,24,26,31-32,55H,10-13,16-23,25,27H2,(H,48,49,50)(H,51,57,58). The predicted molar refractivity (Wildman–Crippen MR) is 217 cm³/mol. The highest BCUT2D eigenvalue weighted by Gasteiger charge is 2.33. The van der Waals surface area contributed by atoms with Gasteiger partial charge in [0.15, 0.2) is 0 Å². The van der Waals surface area contributed by atoms with Crippen molar-refractivity contribution < 1.29 is 42.1 Å². The van der Waals surface area contributed by atoms with E-state index in [2.05, 4.69) is 65.4 Å². The van der Waals surface area contributed by atoms with Crippen molar-refractivity contribution in [2.24, 2.45) is 0 Å². The maximum absolute atomic E-state index is 12.8. The molecule has 60 heavy (non-hydrogen) atoms. The Labute approximate surface area is 344 Å². The lowest BCUT2D eigenvalue weighted by Gasteiger charge is -2.34. The monoisotopic (exact) mass is 825 g/mol. The van der Waals surface area contributed by atoms with Crippen molar-refractivity contribution >= 4 is 34.6 Å². The lowest BCUT2D eigenvalue weighted by Crippen LogP contribution is -2.46. The highest BCUT2D eigenvalue weighted by atomic mass is 19.4. The molecule has 8 rings (SSSR count). The van der Waals surface area contributed by atoms with E-state index in [4.69, 9.17) is 9.47 Å². The number of nitrogens with zero attached hydrogens (tertiary/aromatic N) is 5. The Morgan fingerprint density at radius 1 is 0.850 bits per heavy atom. The van der Waals surface area contributed by atoms with Crippen LogP contribution in [0.5, 0.6) is 11.5 Å². The van der Waals surface area contributed by atoms with Gasteiger partial charge in [0.1, 0.15) is 17.1 Å². The van der Waals surface area contributed by atoms with Crippen molar-refractivity contribution in [1.82, 2.24) is 29.7 Å². The van der Waals surface area contributed by atoms with Crippen LogP contribution in [0.4, 0.5) is 19.1 Å². The number of carbonyl (C=O) groups is 3. The first-order chi connectivity index (χ1) is 29.0. The Kier molecular flexibility index (Phi) is 12.2. The summed E-state index contributed by atoms with van der Waals surface area (Å²) >= 11 is 0. The zero-order chi connectivity index (χ0) is 41.8. The molecule has 13 nitrogen and oxygen atoms in total. The fourth-order valence-electron chi connectivity index (χ4n) is 8.04. The van der Waals surface area contributed by atoms with Crippen molar-refractivity contribution in [3.8, 4) is 22.6 Å². The van der Waals surface area contributed by atoms with Crippen LogP contribution in [0.1, 0.15) is 70.0 Å². The van der Waals surface area contributed by atoms with E-state index in [-0.39, 0.29) is 41.5 Å². The van der Waals surface area contributed by atoms with Gasteiger partial charge in [0, 0.05) is 80.8 Å². The normalized spacial score (nSPS) is 19.0. The lowest BCUT2D eigenvalue weighted by molar-refractivity contribution is -0.131. The molecule has 3 N–H and O–H groups in total. The zero-order valence-electron chi connectivity index (χ0n) is 32.9. The highest BCUT2D eigenvalue weighted by molar-refractivity contribution is 6.49. The molecule has 2 fully saturated rings. The van der Waals surface area contributed by atoms with Gasteiger partial charge < -0.3 is 24.5 Å². The van der Waals surface area contributed by atoms with Crippen molar-refractivity contribution in [2.75, 3.05) is 51.2 Å². The molecule has 314 valence electrons. The minimum absolute atomic E-state index is 0.0213. The number of carbonyl (C=O) groups excluding carboxylic acids is 3. The summed E-state index contributed by atoms with van der Waals surface area (Å²) in [7, 11) is 0. The lowest BCUT2D eigenvalue weighted by atomic mass is 9.93. The van der Waals surface area contributed by atoms with Crippen LogP contribution >= 0.6 is 0 Å². The van der Waals surface area contributed by atoms with Gasteiger partial charge in [-0.2, -0.15) is 18.2 Å². The molecular formula is C44H46F3N7O6. The number of benzene rings is 3. The molecule has 0 bridgehead atoms. The number of imide groups is 1. The number of amides is 2. The number of piperazine rings is 1. The summed E-state index contributed by atoms with van der Waals surface area (Å²) in [6.07, 6.45) is 1.15. The van der Waals surface area contributed by atoms with Crippen molar-refractivity contribution in [2.45, 2.75) is 63.6 Å². The summed E-state index contributed by atoms with van der Waals surface area (Å²) in [6, 6.07) is 20.5. The molecule has 4 heterocycles. The molecule has 0 unspecified atom stereocenters. The Hall–Kier alpha value is -5.68. The molecular weight excluding hydrogens is 780 g/mol. The Bertz CT molecular complexity index is 2340. The number of alkyl halides is 3. The summed E-state index contributed by atoms with van der Waals surface area (Å²) in [5, 5.41) is 15.7. The third kappa shape index (κ3) is 9.68. The van der Waals surface area contributed by atoms with E-state index in [0.29, 0.717) is 37.5 Å². The van der Waals surface area contributed by atoms with E-state index in [0.717, 1.165) is 74.2 Å². The second-order valence-corrected chi connectivity index (χ2v) is 15.5. The number of Topliss-reactive ketones (excluding diaryl/α,β-unsaturated/α-hetero) is 1. The smallest absolute Gasteiger partial charge is 0.390 e. The van der Waals surface area contributed by atoms with Gasteiger partial charge in [0.25, 0.3) is 17.6 Å². The summed E-state index contributed by atoms with van der Waals surface area (Å²) < 4.78 is 52.3. The van der Waals surface area contributed by atoms with E-state index in [1.807, 2.05) is 12.1 Å². The molecule has 16 heteroatoms. The average Bonchev–Trinajstić information content (AvgIpc) is 3.61. The zero-order valence-corrected chi connectivity index (χ0v) is 32.9. The van der Waals surface area contributed by atoms with Gasteiger partial charge in [-0.1, -0.05) is 42.5 Å². The van der Waals surface area contributed by atoms with Crippen LogP contribution in [0.15, 0.2) is 79.1 Å². The van der Waals surface area contributed by atoms with Gasteiger partial charge in [-0.05, 0) is 66.6 Å². The molecule has 1 saturated carbocycles. The number of aliphatic hydroxyl groups excluding tert-OH is 1. The number of hydrogen-bond acceptors (Lipinski definition) is 11. The van der Waals surface area contributed by atoms with Crippen LogP contribution in [0.3, 0.4) is 0 Å². The average molecular weight is 826 g/mol. The largest absolute Gasteiger partial charge is 0.457 e. The highest BCUT2D eigenvalue weighted by Crippen LogP contribution is 2.37. The maximum atomic E-state index is 12.8. The minimum Gasteiger partial charge on any atom is -0.457 e. The number of rotatable bonds is 14. The third-order valence-corrected chi connectivity index (χ3v) is 11.4. The van der Waals surface area contributed by atoms with Crippen LogP contribution in [0.25, 0.3) is 22.2 Å². The van der Waals surface area contributed by atoms with Gasteiger partial charge in [-0.15, -0.1) is 0 Å². The van der Waals surface area contributed by atoms with Crippen molar-refractivity contribution in [3.63, 3.8) is 0 Å². The molecule has 3 aromatic carbocycles. The maximum Gasteiger partial charge on any atom is 0.390 e. The SMILES string of the molecule is O=C1NC(=O)c2c(Oc3ccc(COCCN4CCN(Cc5ccc(-c6cn(C7CCC(O)CC7)c7nc(NCCC(F)(F)F)ncc67)cc5)CC4)cc3)cccc2C1=O. The number of fused-ring (bicyclic) bond motifs is 2. The van der Waals surface area contributed by atoms with Crippen LogP contribution in [0.2, 0.25) is 0 Å². The first kappa shape index (κ1) is 41.1. The van der Waals surface area contributed by atoms with Gasteiger partial charge in [-0.25, -0.2) is 4.98 Å². The molecule has 2 aliphatic heterocycles. The summed E-state index contributed by atoms with van der Waals surface area (Å²) in [6.45, 7) is 6.06. The van der Waals surface area contributed by atoms with Crippen LogP contribution in [-0.4, -0.2) is 105 Å². The van der Waals surface area contributed by atoms with Crippen LogP contribution < -0.4 is 15.4 Å². The third-order valence-electron chi connectivity index (χ3n) is 11.4. The molecule has 2 amide bonds. The summed E-state index contributed by atoms with van der Waals surface area (Å²) in [5.74, 6) is -1.56. The fourth-order valence-corrected chi connectivity index (χ4v) is 8.04. The first-order valence-corrected chi connectivity index (χ1v) is 20.3. The number of aromatic nitrogens is 3. The van der Waals surface area contributed by atoms with Crippen molar-refractivity contribution in [3.05, 3.63) is 101 Å². The van der Waals surface area contributed by atoms with Crippen LogP contribution in [0, 0.1) is 0 Å². The second kappa shape index (κ2) is 17.9. The molecule has 1 saturated heterocycles. The topological polar surface area (TPSA) is 151 Å². The van der Waals surface area contributed by atoms with Gasteiger partial charge in [0.2, 0.25) is 5.95 Å². The second-order valence-electron chi connectivity index (χ2n) is 15.5. The summed E-state index contributed by atoms with van der Waals surface area (Å²) in [4.78, 5) is 50.2. The van der Waals surface area contributed by atoms with E-state index >= 15 is 0 Å². The predicted octanol–water partition coefficient (Wildman–Crippen LogP) is 6.52. The number of halogens is 3. The van der Waals surface area contributed by atoms with Gasteiger partial charge in [-0.3, -0.25) is 29.5 Å². The fraction of sp³-hybridized carbons (Fsp3) is 0.386. The van der Waals surface area contributed by atoms with Crippen molar-refractivity contribution in [1.29, 1.82) is 0 Å². The molecule has 3 aliphatic rings. The Balaban J connectivity index is 0.802. The Morgan fingerprint density at radius 2 is 1.57 bits per heavy atom. The quantitative estimate of drug-likeness (QED) is 0.0638. The number of nitrogens with one attached hydrogen (secondary N) is 2. The number of ether oxygens (including phenoxy) is 2. The number of hydrogen-bond donors (Lipinski definition) is 3. The van der Waals surface area contributed by atoms with E-state index in [1.165, 1.54) is 11.6 Å². The van der Waals surface area contributed by atoms with Gasteiger partial charge in [0.05, 0.1) is 31.3 Å². The number of anilines is 1. The van der Waals surface area contributed by atoms with E-state index in [1.54, 1.807) is 30.5 Å². The van der Waals surface area contributed by atoms with Gasteiger partial charge >= 0.3 is 6.18 Å². The Morgan fingerprint density at radius 3 is 2.30 bits per heavy atom. The molecule has 2 aromatic heterocycles. The molecule has 0 spiro atoms. The van der Waals surface area contributed by atoms with Crippen LogP contribution in [-0.2, 0) is 22.7 Å². The molecule has 1 aliphatic carbocycles. The van der Waals surface area contributed by atoms with E-state index < -0.39 is 30.2 Å². The molecule has 0 atom stereocenters. The molecule has 0 radical (unpaired) electrons. The molecule has 5 aromatic rings. The minimum atomic E-state index is -4.27. The first-order valence-electron chi connectivity index (χ1n) is 20.3. The summed E-state index contributed by atoms with van der Waals surface area (Å²) in [5.41, 5.74) is 4.86. The van der Waals surface area contributed by atoms with E-state index in [9.17, 15) is 32.7 Å². The number of ketones is 1.